The van der Waals surface area contributed by atoms with Crippen molar-refractivity contribution in [3.05, 3.63) is 59.1 Å². The number of benzene rings is 2. The Kier molecular flexibility index (Phi) is 7.17. The summed E-state index contributed by atoms with van der Waals surface area (Å²) in [6.45, 7) is 1.79. The highest BCUT2D eigenvalue weighted by Crippen LogP contribution is 2.30. The number of amides is 1. The van der Waals surface area contributed by atoms with Crippen molar-refractivity contribution in [2.24, 2.45) is 7.05 Å². The molecule has 1 heterocycles. The normalized spacial score (nSPS) is 11.8. The number of nitrogens with zero attached hydrogens (tertiary/aromatic N) is 3. The van der Waals surface area contributed by atoms with Gasteiger partial charge in [0.15, 0.2) is 17.1 Å². The number of rotatable bonds is 8. The number of carbonyl (C=O) groups is 1. The first-order chi connectivity index (χ1) is 14.4. The van der Waals surface area contributed by atoms with Crippen molar-refractivity contribution in [3.63, 3.8) is 0 Å². The zero-order chi connectivity index (χ0) is 21.7. The Hall–Kier alpha value is -2.78. The number of thioether (sulfide) groups is 1. The van der Waals surface area contributed by atoms with Gasteiger partial charge in [-0.2, -0.15) is 0 Å². The summed E-state index contributed by atoms with van der Waals surface area (Å²) in [5.74, 6) is 1.09. The molecule has 0 bridgehead atoms. The van der Waals surface area contributed by atoms with E-state index in [2.05, 4.69) is 15.5 Å². The Bertz CT molecular complexity index is 1050. The van der Waals surface area contributed by atoms with E-state index in [0.29, 0.717) is 28.2 Å². The van der Waals surface area contributed by atoms with Gasteiger partial charge in [-0.1, -0.05) is 29.4 Å². The lowest BCUT2D eigenvalue weighted by Crippen LogP contribution is -2.15. The van der Waals surface area contributed by atoms with Crippen LogP contribution >= 0.6 is 23.4 Å². The van der Waals surface area contributed by atoms with Gasteiger partial charge in [-0.3, -0.25) is 4.79 Å². The summed E-state index contributed by atoms with van der Waals surface area (Å²) in [6.07, 6.45) is -0.481. The van der Waals surface area contributed by atoms with E-state index in [4.69, 9.17) is 21.1 Å². The second kappa shape index (κ2) is 9.82. The molecule has 7 nitrogen and oxygen atoms in total. The van der Waals surface area contributed by atoms with E-state index in [1.165, 1.54) is 30.0 Å². The standard InChI is InChI=1S/C20H20ClFN4O3S/c1-12(29-17-8-7-13(22)9-16(17)21)19-24-25-20(26(19)2)30-11-18(27)23-14-5-4-6-15(10-14)28-3/h4-10,12H,11H2,1-3H3,(H,23,27). The highest BCUT2D eigenvalue weighted by molar-refractivity contribution is 7.99. The van der Waals surface area contributed by atoms with Crippen LogP contribution in [0.4, 0.5) is 10.1 Å². The van der Waals surface area contributed by atoms with Gasteiger partial charge in [0.2, 0.25) is 5.91 Å². The van der Waals surface area contributed by atoms with E-state index >= 15 is 0 Å². The molecular formula is C20H20ClFN4O3S. The van der Waals surface area contributed by atoms with Crippen LogP contribution in [0.3, 0.4) is 0 Å². The number of halogens is 2. The van der Waals surface area contributed by atoms with Crippen LogP contribution in [0.25, 0.3) is 0 Å². The number of ether oxygens (including phenoxy) is 2. The summed E-state index contributed by atoms with van der Waals surface area (Å²) in [5.41, 5.74) is 0.650. The Morgan fingerprint density at radius 1 is 1.30 bits per heavy atom. The lowest BCUT2D eigenvalue weighted by Gasteiger charge is -2.15. The number of aromatic nitrogens is 3. The zero-order valence-electron chi connectivity index (χ0n) is 16.6. The molecule has 1 N–H and O–H groups in total. The minimum absolute atomic E-state index is 0.155. The molecule has 0 aliphatic carbocycles. The maximum Gasteiger partial charge on any atom is 0.234 e. The Labute approximate surface area is 182 Å². The molecule has 0 fully saturated rings. The lowest BCUT2D eigenvalue weighted by atomic mass is 10.3. The summed E-state index contributed by atoms with van der Waals surface area (Å²) < 4.78 is 25.9. The third kappa shape index (κ3) is 5.43. The number of hydrogen-bond donors (Lipinski definition) is 1. The Morgan fingerprint density at radius 3 is 2.83 bits per heavy atom. The van der Waals surface area contributed by atoms with Crippen molar-refractivity contribution >= 4 is 35.0 Å². The molecule has 3 aromatic rings. The van der Waals surface area contributed by atoms with Crippen LogP contribution in [0.5, 0.6) is 11.5 Å². The third-order valence-corrected chi connectivity index (χ3v) is 5.43. The van der Waals surface area contributed by atoms with Crippen LogP contribution in [0, 0.1) is 5.82 Å². The molecule has 0 saturated carbocycles. The molecule has 0 aliphatic rings. The molecule has 1 atom stereocenters. The second-order valence-electron chi connectivity index (χ2n) is 6.30. The summed E-state index contributed by atoms with van der Waals surface area (Å²) >= 11 is 7.26. The Morgan fingerprint density at radius 2 is 2.10 bits per heavy atom. The van der Waals surface area contributed by atoms with Crippen molar-refractivity contribution in [1.29, 1.82) is 0 Å². The zero-order valence-corrected chi connectivity index (χ0v) is 18.1. The first kappa shape index (κ1) is 21.9. The van der Waals surface area contributed by atoms with Crippen molar-refractivity contribution < 1.29 is 18.7 Å². The summed E-state index contributed by atoms with van der Waals surface area (Å²) in [5, 5.41) is 11.8. The van der Waals surface area contributed by atoms with Gasteiger partial charge in [0.05, 0.1) is 17.9 Å². The second-order valence-corrected chi connectivity index (χ2v) is 7.65. The topological polar surface area (TPSA) is 78.3 Å². The largest absolute Gasteiger partial charge is 0.497 e. The first-order valence-electron chi connectivity index (χ1n) is 8.95. The number of nitrogens with one attached hydrogen (secondary N) is 1. The van der Waals surface area contributed by atoms with Crippen LogP contribution in [-0.2, 0) is 11.8 Å². The molecule has 1 aromatic heterocycles. The van der Waals surface area contributed by atoms with E-state index in [1.54, 1.807) is 49.9 Å². The molecule has 0 saturated heterocycles. The molecule has 2 aromatic carbocycles. The molecule has 0 spiro atoms. The molecule has 30 heavy (non-hydrogen) atoms. The van der Waals surface area contributed by atoms with Gasteiger partial charge in [-0.05, 0) is 37.3 Å². The fourth-order valence-electron chi connectivity index (χ4n) is 2.65. The predicted molar refractivity (Wildman–Crippen MR) is 114 cm³/mol. The average Bonchev–Trinajstić information content (AvgIpc) is 3.09. The molecular weight excluding hydrogens is 431 g/mol. The fraction of sp³-hybridized carbons (Fsp3) is 0.250. The van der Waals surface area contributed by atoms with Gasteiger partial charge < -0.3 is 19.4 Å². The SMILES string of the molecule is COc1cccc(NC(=O)CSc2nnc(C(C)Oc3ccc(F)cc3Cl)n2C)c1. The number of hydrogen-bond acceptors (Lipinski definition) is 6. The molecule has 3 rings (SSSR count). The summed E-state index contributed by atoms with van der Waals surface area (Å²) in [6, 6.07) is 11.0. The average molecular weight is 451 g/mol. The van der Waals surface area contributed by atoms with E-state index < -0.39 is 11.9 Å². The van der Waals surface area contributed by atoms with Gasteiger partial charge in [-0.15, -0.1) is 10.2 Å². The molecule has 1 amide bonds. The number of anilines is 1. The first-order valence-corrected chi connectivity index (χ1v) is 10.3. The molecule has 1 unspecified atom stereocenters. The fourth-order valence-corrected chi connectivity index (χ4v) is 3.58. The van der Waals surface area contributed by atoms with Crippen LogP contribution in [-0.4, -0.2) is 33.5 Å². The molecule has 0 radical (unpaired) electrons. The van der Waals surface area contributed by atoms with Crippen molar-refractivity contribution in [3.8, 4) is 11.5 Å². The van der Waals surface area contributed by atoms with Crippen LogP contribution in [0.15, 0.2) is 47.6 Å². The highest BCUT2D eigenvalue weighted by atomic mass is 35.5. The van der Waals surface area contributed by atoms with Crippen molar-refractivity contribution in [1.82, 2.24) is 14.8 Å². The number of carbonyl (C=O) groups excluding carboxylic acids is 1. The van der Waals surface area contributed by atoms with Crippen molar-refractivity contribution in [2.45, 2.75) is 18.2 Å². The van der Waals surface area contributed by atoms with E-state index in [9.17, 15) is 9.18 Å². The van der Waals surface area contributed by atoms with Gasteiger partial charge in [0.25, 0.3) is 0 Å². The third-order valence-electron chi connectivity index (χ3n) is 4.12. The maximum absolute atomic E-state index is 13.2. The van der Waals surface area contributed by atoms with Gasteiger partial charge >= 0.3 is 0 Å². The molecule has 158 valence electrons. The van der Waals surface area contributed by atoms with E-state index in [1.807, 2.05) is 0 Å². The van der Waals surface area contributed by atoms with E-state index in [-0.39, 0.29) is 16.7 Å². The van der Waals surface area contributed by atoms with Gasteiger partial charge in [0, 0.05) is 18.8 Å². The molecule has 10 heteroatoms. The van der Waals surface area contributed by atoms with E-state index in [0.717, 1.165) is 0 Å². The maximum atomic E-state index is 13.2. The van der Waals surface area contributed by atoms with Crippen LogP contribution < -0.4 is 14.8 Å². The summed E-state index contributed by atoms with van der Waals surface area (Å²) in [7, 11) is 3.35. The highest BCUT2D eigenvalue weighted by Gasteiger charge is 2.19. The van der Waals surface area contributed by atoms with Gasteiger partial charge in [-0.25, -0.2) is 4.39 Å². The summed E-state index contributed by atoms with van der Waals surface area (Å²) in [4.78, 5) is 12.2. The predicted octanol–water partition coefficient (Wildman–Crippen LogP) is 4.49. The van der Waals surface area contributed by atoms with Crippen LogP contribution in [0.1, 0.15) is 18.9 Å². The smallest absolute Gasteiger partial charge is 0.234 e. The minimum Gasteiger partial charge on any atom is -0.497 e. The van der Waals surface area contributed by atoms with Crippen LogP contribution in [0.2, 0.25) is 5.02 Å². The lowest BCUT2D eigenvalue weighted by molar-refractivity contribution is -0.113. The quantitative estimate of drug-likeness (QED) is 0.509. The number of methoxy groups -OCH3 is 1. The van der Waals surface area contributed by atoms with Crippen molar-refractivity contribution in [2.75, 3.05) is 18.2 Å². The minimum atomic E-state index is -0.481. The van der Waals surface area contributed by atoms with Gasteiger partial charge in [0.1, 0.15) is 17.3 Å². The Balaban J connectivity index is 1.59. The monoisotopic (exact) mass is 450 g/mol. The molecule has 0 aliphatic heterocycles.